The van der Waals surface area contributed by atoms with Gasteiger partial charge in [0.25, 0.3) is 0 Å². The first-order valence-corrected chi connectivity index (χ1v) is 7.64. The first-order valence-electron chi connectivity index (χ1n) is 6.39. The molecule has 1 atom stereocenters. The van der Waals surface area contributed by atoms with Gasteiger partial charge in [0.1, 0.15) is 0 Å². The van der Waals surface area contributed by atoms with Crippen LogP contribution in [-0.2, 0) is 6.42 Å². The molecule has 0 aliphatic heterocycles. The summed E-state index contributed by atoms with van der Waals surface area (Å²) in [5, 5.41) is 2.91. The maximum atomic E-state index is 6.30. The van der Waals surface area contributed by atoms with Crippen molar-refractivity contribution in [3.05, 3.63) is 51.2 Å². The Morgan fingerprint density at radius 2 is 2.11 bits per heavy atom. The third-order valence-electron chi connectivity index (χ3n) is 3.40. The van der Waals surface area contributed by atoms with Gasteiger partial charge < -0.3 is 10.6 Å². The Morgan fingerprint density at radius 1 is 1.32 bits per heavy atom. The summed E-state index contributed by atoms with van der Waals surface area (Å²) >= 11 is 8.08. The molecular weight excluding hydrogens is 276 g/mol. The van der Waals surface area contributed by atoms with E-state index in [1.54, 1.807) is 11.3 Å². The van der Waals surface area contributed by atoms with E-state index in [-0.39, 0.29) is 0 Å². The van der Waals surface area contributed by atoms with Crippen molar-refractivity contribution in [3.8, 4) is 0 Å². The van der Waals surface area contributed by atoms with Gasteiger partial charge in [-0.25, -0.2) is 0 Å². The Morgan fingerprint density at radius 3 is 2.74 bits per heavy atom. The predicted molar refractivity (Wildman–Crippen MR) is 85.3 cm³/mol. The zero-order valence-corrected chi connectivity index (χ0v) is 12.8. The van der Waals surface area contributed by atoms with Gasteiger partial charge in [-0.15, -0.1) is 11.3 Å². The second-order valence-electron chi connectivity index (χ2n) is 4.58. The van der Waals surface area contributed by atoms with Gasteiger partial charge in [-0.3, -0.25) is 0 Å². The molecule has 1 aromatic heterocycles. The lowest BCUT2D eigenvalue weighted by Crippen LogP contribution is -2.22. The van der Waals surface area contributed by atoms with Crippen molar-refractivity contribution in [1.82, 2.24) is 0 Å². The van der Waals surface area contributed by atoms with Crippen LogP contribution in [0.4, 0.5) is 5.69 Å². The highest BCUT2D eigenvalue weighted by molar-refractivity contribution is 7.10. The highest BCUT2D eigenvalue weighted by Gasteiger charge is 2.17. The number of benzene rings is 1. The molecule has 1 heterocycles. The molecule has 0 spiro atoms. The summed E-state index contributed by atoms with van der Waals surface area (Å²) in [5.41, 5.74) is 8.00. The van der Waals surface area contributed by atoms with Crippen molar-refractivity contribution in [2.45, 2.75) is 19.4 Å². The fraction of sp³-hybridized carbons (Fsp3) is 0.333. The van der Waals surface area contributed by atoms with E-state index in [0.29, 0.717) is 12.6 Å². The summed E-state index contributed by atoms with van der Waals surface area (Å²) in [6.07, 6.45) is 0.802. The zero-order chi connectivity index (χ0) is 13.8. The minimum atomic E-state index is 0.329. The molecule has 0 saturated heterocycles. The van der Waals surface area contributed by atoms with Crippen molar-refractivity contribution in [2.75, 3.05) is 18.5 Å². The number of hydrogen-bond acceptors (Lipinski definition) is 3. The smallest absolute Gasteiger partial charge is 0.0603 e. The van der Waals surface area contributed by atoms with Gasteiger partial charge in [0.05, 0.1) is 6.04 Å². The summed E-state index contributed by atoms with van der Waals surface area (Å²) in [4.78, 5) is 3.61. The predicted octanol–water partition coefficient (Wildman–Crippen LogP) is 4.10. The molecule has 0 saturated carbocycles. The van der Waals surface area contributed by atoms with E-state index in [2.05, 4.69) is 42.5 Å². The van der Waals surface area contributed by atoms with E-state index in [9.17, 15) is 0 Å². The summed E-state index contributed by atoms with van der Waals surface area (Å²) in [5.74, 6) is 0. The van der Waals surface area contributed by atoms with Crippen LogP contribution in [0.3, 0.4) is 0 Å². The van der Waals surface area contributed by atoms with Crippen molar-refractivity contribution < 1.29 is 0 Å². The van der Waals surface area contributed by atoms with Gasteiger partial charge in [0, 0.05) is 22.6 Å². The van der Waals surface area contributed by atoms with Crippen LogP contribution in [0.15, 0.2) is 35.7 Å². The van der Waals surface area contributed by atoms with E-state index in [4.69, 9.17) is 17.3 Å². The monoisotopic (exact) mass is 294 g/mol. The normalized spacial score (nSPS) is 12.4. The number of rotatable bonds is 5. The standard InChI is InChI=1S/C15H19ClN2S/c1-11(15-7-4-10-19-15)18(2)14-6-3-5-13(16)12(14)8-9-17/h3-7,10-11H,8-9,17H2,1-2H3. The first kappa shape index (κ1) is 14.4. The molecule has 0 amide bonds. The molecule has 0 bridgehead atoms. The highest BCUT2D eigenvalue weighted by Crippen LogP contribution is 2.33. The molecule has 1 aromatic carbocycles. The molecule has 0 aliphatic carbocycles. The van der Waals surface area contributed by atoms with Crippen LogP contribution in [0, 0.1) is 0 Å². The molecule has 4 heteroatoms. The van der Waals surface area contributed by atoms with Gasteiger partial charge in [0.2, 0.25) is 0 Å². The van der Waals surface area contributed by atoms with Crippen LogP contribution in [0.1, 0.15) is 23.4 Å². The van der Waals surface area contributed by atoms with Gasteiger partial charge in [-0.1, -0.05) is 23.7 Å². The molecule has 19 heavy (non-hydrogen) atoms. The molecule has 0 fully saturated rings. The molecule has 0 radical (unpaired) electrons. The van der Waals surface area contributed by atoms with Gasteiger partial charge in [-0.05, 0) is 49.0 Å². The SMILES string of the molecule is CC(c1cccs1)N(C)c1cccc(Cl)c1CCN. The quantitative estimate of drug-likeness (QED) is 0.899. The third-order valence-corrected chi connectivity index (χ3v) is 4.80. The minimum absolute atomic E-state index is 0.329. The van der Waals surface area contributed by atoms with Crippen LogP contribution in [0.5, 0.6) is 0 Å². The number of nitrogens with zero attached hydrogens (tertiary/aromatic N) is 1. The fourth-order valence-electron chi connectivity index (χ4n) is 2.20. The Bertz CT molecular complexity index is 525. The molecule has 2 rings (SSSR count). The number of anilines is 1. The largest absolute Gasteiger partial charge is 0.367 e. The minimum Gasteiger partial charge on any atom is -0.367 e. The lowest BCUT2D eigenvalue weighted by Gasteiger charge is -2.29. The molecule has 2 aromatic rings. The van der Waals surface area contributed by atoms with E-state index in [0.717, 1.165) is 17.0 Å². The van der Waals surface area contributed by atoms with Crippen molar-refractivity contribution in [2.24, 2.45) is 5.73 Å². The topological polar surface area (TPSA) is 29.3 Å². The molecule has 102 valence electrons. The summed E-state index contributed by atoms with van der Waals surface area (Å²) < 4.78 is 0. The Hall–Kier alpha value is -1.03. The Labute approximate surface area is 123 Å². The van der Waals surface area contributed by atoms with Crippen LogP contribution >= 0.6 is 22.9 Å². The third kappa shape index (κ3) is 3.11. The maximum absolute atomic E-state index is 6.30. The maximum Gasteiger partial charge on any atom is 0.0603 e. The average molecular weight is 295 g/mol. The van der Waals surface area contributed by atoms with Crippen molar-refractivity contribution in [1.29, 1.82) is 0 Å². The second kappa shape index (κ2) is 6.42. The van der Waals surface area contributed by atoms with Crippen molar-refractivity contribution >= 4 is 28.6 Å². The van der Waals surface area contributed by atoms with Crippen LogP contribution in [0.25, 0.3) is 0 Å². The number of hydrogen-bond donors (Lipinski definition) is 1. The van der Waals surface area contributed by atoms with Gasteiger partial charge in [-0.2, -0.15) is 0 Å². The van der Waals surface area contributed by atoms with Crippen LogP contribution in [0.2, 0.25) is 5.02 Å². The van der Waals surface area contributed by atoms with Crippen LogP contribution in [-0.4, -0.2) is 13.6 Å². The second-order valence-corrected chi connectivity index (χ2v) is 5.96. The van der Waals surface area contributed by atoms with E-state index < -0.39 is 0 Å². The van der Waals surface area contributed by atoms with E-state index in [1.165, 1.54) is 10.6 Å². The molecule has 1 unspecified atom stereocenters. The van der Waals surface area contributed by atoms with E-state index in [1.807, 2.05) is 12.1 Å². The zero-order valence-electron chi connectivity index (χ0n) is 11.3. The summed E-state index contributed by atoms with van der Waals surface area (Å²) in [6.45, 7) is 2.82. The first-order chi connectivity index (χ1) is 9.15. The fourth-order valence-corrected chi connectivity index (χ4v) is 3.29. The summed E-state index contributed by atoms with van der Waals surface area (Å²) in [7, 11) is 2.11. The van der Waals surface area contributed by atoms with Crippen molar-refractivity contribution in [3.63, 3.8) is 0 Å². The Balaban J connectivity index is 2.33. The number of halogens is 1. The summed E-state index contributed by atoms with van der Waals surface area (Å²) in [6, 6.07) is 10.6. The lowest BCUT2D eigenvalue weighted by molar-refractivity contribution is 0.747. The number of nitrogens with two attached hydrogens (primary N) is 1. The Kier molecular flexibility index (Phi) is 4.86. The highest BCUT2D eigenvalue weighted by atomic mass is 35.5. The van der Waals surface area contributed by atoms with E-state index >= 15 is 0 Å². The number of thiophene rings is 1. The molecular formula is C15H19ClN2S. The molecule has 0 aliphatic rings. The lowest BCUT2D eigenvalue weighted by atomic mass is 10.1. The molecule has 2 N–H and O–H groups in total. The van der Waals surface area contributed by atoms with Gasteiger partial charge >= 0.3 is 0 Å². The average Bonchev–Trinajstić information content (AvgIpc) is 2.93. The molecule has 2 nitrogen and oxygen atoms in total. The van der Waals surface area contributed by atoms with Crippen LogP contribution < -0.4 is 10.6 Å². The van der Waals surface area contributed by atoms with Gasteiger partial charge in [0.15, 0.2) is 0 Å².